The van der Waals surface area contributed by atoms with E-state index in [0.29, 0.717) is 12.3 Å². The van der Waals surface area contributed by atoms with Crippen LogP contribution in [0.25, 0.3) is 11.1 Å². The van der Waals surface area contributed by atoms with E-state index >= 15 is 0 Å². The number of aromatic nitrogens is 2. The molecule has 1 N–H and O–H groups in total. The summed E-state index contributed by atoms with van der Waals surface area (Å²) in [6, 6.07) is 21.3. The Labute approximate surface area is 226 Å². The molecule has 0 atom stereocenters. The van der Waals surface area contributed by atoms with E-state index in [2.05, 4.69) is 48.9 Å². The Morgan fingerprint density at radius 1 is 0.947 bits per heavy atom. The number of nitrogens with one attached hydrogen (secondary N) is 1. The number of nitrogens with zero attached hydrogens (tertiary/aromatic N) is 4. The maximum absolute atomic E-state index is 12.5. The fraction of sp³-hybridized carbons (Fsp3) is 0.276. The zero-order valence-corrected chi connectivity index (χ0v) is 22.4. The van der Waals surface area contributed by atoms with Crippen molar-refractivity contribution in [3.8, 4) is 22.6 Å². The minimum atomic E-state index is -0.293. The zero-order chi connectivity index (χ0) is 26.3. The van der Waals surface area contributed by atoms with Gasteiger partial charge in [-0.15, -0.1) is 21.5 Å². The molecule has 0 radical (unpaired) electrons. The van der Waals surface area contributed by atoms with Gasteiger partial charge < -0.3 is 19.7 Å². The van der Waals surface area contributed by atoms with Crippen molar-refractivity contribution >= 4 is 28.7 Å². The lowest BCUT2D eigenvalue weighted by Crippen LogP contribution is -2.46. The number of methoxy groups -OCH3 is 1. The van der Waals surface area contributed by atoms with Gasteiger partial charge in [-0.05, 0) is 78.0 Å². The molecule has 0 spiro atoms. The van der Waals surface area contributed by atoms with E-state index in [9.17, 15) is 4.79 Å². The molecule has 0 aliphatic carbocycles. The lowest BCUT2D eigenvalue weighted by atomic mass is 10.1. The summed E-state index contributed by atoms with van der Waals surface area (Å²) < 4.78 is 10.8. The van der Waals surface area contributed by atoms with E-state index in [1.165, 1.54) is 16.0 Å². The van der Waals surface area contributed by atoms with Crippen molar-refractivity contribution in [3.05, 3.63) is 82.7 Å². The summed E-state index contributed by atoms with van der Waals surface area (Å²) in [5.41, 5.74) is 3.37. The third-order valence-corrected chi connectivity index (χ3v) is 7.36. The summed E-state index contributed by atoms with van der Waals surface area (Å²) >= 11 is 1.80. The Morgan fingerprint density at radius 2 is 1.76 bits per heavy atom. The van der Waals surface area contributed by atoms with E-state index < -0.39 is 0 Å². The van der Waals surface area contributed by atoms with Crippen LogP contribution in [0, 0.1) is 0 Å². The number of anilines is 2. The molecule has 3 heterocycles. The molecule has 1 saturated heterocycles. The zero-order valence-electron chi connectivity index (χ0n) is 21.6. The summed E-state index contributed by atoms with van der Waals surface area (Å²) in [6.45, 7) is 7.20. The predicted octanol–water partition coefficient (Wildman–Crippen LogP) is 5.19. The minimum absolute atomic E-state index is 0.281. The van der Waals surface area contributed by atoms with E-state index in [-0.39, 0.29) is 11.6 Å². The molecule has 2 aromatic heterocycles. The highest BCUT2D eigenvalue weighted by atomic mass is 32.1. The van der Waals surface area contributed by atoms with Crippen molar-refractivity contribution in [2.24, 2.45) is 0 Å². The molecule has 0 saturated carbocycles. The lowest BCUT2D eigenvalue weighted by Gasteiger charge is -2.34. The summed E-state index contributed by atoms with van der Waals surface area (Å²) in [5.74, 6) is 2.14. The highest BCUT2D eigenvalue weighted by Gasteiger charge is 2.20. The Morgan fingerprint density at radius 3 is 2.47 bits per heavy atom. The number of benzene rings is 2. The Balaban J connectivity index is 1.12. The van der Waals surface area contributed by atoms with Crippen LogP contribution in [0.3, 0.4) is 0 Å². The molecule has 1 amide bonds. The SMILES string of the molecule is CCOc1cccc(-c2csc(CN3CCN(c4ccc(C(=O)Nc5ccc(OC)cc5)nn4)CC3)c2)c1. The van der Waals surface area contributed by atoms with Gasteiger partial charge in [-0.25, -0.2) is 0 Å². The number of hydrogen-bond donors (Lipinski definition) is 1. The molecule has 1 aliphatic heterocycles. The lowest BCUT2D eigenvalue weighted by molar-refractivity contribution is 0.102. The third-order valence-electron chi connectivity index (χ3n) is 6.44. The Kier molecular flexibility index (Phi) is 8.15. The van der Waals surface area contributed by atoms with E-state index in [4.69, 9.17) is 9.47 Å². The standard InChI is InChI=1S/C29H31N5O3S/c1-3-37-25-6-4-5-21(17-25)22-18-26(38-20-22)19-33-13-15-34(16-14-33)28-12-11-27(31-32-28)29(35)30-23-7-9-24(36-2)10-8-23/h4-12,17-18,20H,3,13-16,19H2,1-2H3,(H,30,35). The maximum Gasteiger partial charge on any atom is 0.276 e. The largest absolute Gasteiger partial charge is 0.497 e. The second-order valence-corrected chi connectivity index (χ2v) is 9.98. The van der Waals surface area contributed by atoms with Gasteiger partial charge in [0.1, 0.15) is 11.5 Å². The number of carbonyl (C=O) groups is 1. The molecule has 2 aromatic carbocycles. The van der Waals surface area contributed by atoms with Crippen LogP contribution in [-0.2, 0) is 6.54 Å². The molecular weight excluding hydrogens is 498 g/mol. The molecule has 0 unspecified atom stereocenters. The van der Waals surface area contributed by atoms with Gasteiger partial charge in [-0.1, -0.05) is 12.1 Å². The van der Waals surface area contributed by atoms with E-state index in [1.54, 1.807) is 48.8 Å². The summed E-state index contributed by atoms with van der Waals surface area (Å²) in [5, 5.41) is 13.6. The first-order valence-electron chi connectivity index (χ1n) is 12.7. The van der Waals surface area contributed by atoms with Gasteiger partial charge in [-0.2, -0.15) is 0 Å². The first-order chi connectivity index (χ1) is 18.6. The van der Waals surface area contributed by atoms with Crippen LogP contribution < -0.4 is 19.7 Å². The van der Waals surface area contributed by atoms with Crippen molar-refractivity contribution in [2.45, 2.75) is 13.5 Å². The molecule has 8 nitrogen and oxygen atoms in total. The molecule has 5 rings (SSSR count). The van der Waals surface area contributed by atoms with Crippen LogP contribution in [0.1, 0.15) is 22.3 Å². The topological polar surface area (TPSA) is 79.8 Å². The van der Waals surface area contributed by atoms with Crippen LogP contribution in [-0.4, -0.2) is 60.9 Å². The molecule has 1 fully saturated rings. The summed E-state index contributed by atoms with van der Waals surface area (Å²) in [7, 11) is 1.61. The number of amides is 1. The highest BCUT2D eigenvalue weighted by Crippen LogP contribution is 2.29. The molecular formula is C29H31N5O3S. The Hall–Kier alpha value is -3.95. The molecule has 38 heavy (non-hydrogen) atoms. The second kappa shape index (κ2) is 12.1. The van der Waals surface area contributed by atoms with Crippen LogP contribution in [0.2, 0.25) is 0 Å². The highest BCUT2D eigenvalue weighted by molar-refractivity contribution is 7.10. The van der Waals surface area contributed by atoms with Crippen molar-refractivity contribution in [3.63, 3.8) is 0 Å². The van der Waals surface area contributed by atoms with Gasteiger partial charge in [0.25, 0.3) is 5.91 Å². The predicted molar refractivity (Wildman–Crippen MR) is 151 cm³/mol. The normalized spacial score (nSPS) is 13.8. The summed E-state index contributed by atoms with van der Waals surface area (Å²) in [6.07, 6.45) is 0. The van der Waals surface area contributed by atoms with Gasteiger partial charge in [0.2, 0.25) is 0 Å². The third kappa shape index (κ3) is 6.30. The average molecular weight is 530 g/mol. The fourth-order valence-corrected chi connectivity index (χ4v) is 5.32. The molecule has 0 bridgehead atoms. The number of rotatable bonds is 9. The molecule has 4 aromatic rings. The van der Waals surface area contributed by atoms with Gasteiger partial charge >= 0.3 is 0 Å². The van der Waals surface area contributed by atoms with E-state index in [0.717, 1.165) is 50.0 Å². The fourth-order valence-electron chi connectivity index (χ4n) is 4.39. The number of carbonyl (C=O) groups excluding carboxylic acids is 1. The average Bonchev–Trinajstić information content (AvgIpc) is 3.43. The monoisotopic (exact) mass is 529 g/mol. The first-order valence-corrected chi connectivity index (χ1v) is 13.6. The van der Waals surface area contributed by atoms with Crippen LogP contribution >= 0.6 is 11.3 Å². The second-order valence-electron chi connectivity index (χ2n) is 8.99. The van der Waals surface area contributed by atoms with Crippen molar-refractivity contribution in [2.75, 3.05) is 50.1 Å². The van der Waals surface area contributed by atoms with Crippen molar-refractivity contribution < 1.29 is 14.3 Å². The molecule has 9 heteroatoms. The first kappa shape index (κ1) is 25.7. The quantitative estimate of drug-likeness (QED) is 0.320. The van der Waals surface area contributed by atoms with Gasteiger partial charge in [-0.3, -0.25) is 9.69 Å². The molecule has 1 aliphatic rings. The van der Waals surface area contributed by atoms with Gasteiger partial charge in [0, 0.05) is 43.3 Å². The number of hydrogen-bond acceptors (Lipinski definition) is 8. The Bertz CT molecular complexity index is 1350. The van der Waals surface area contributed by atoms with Crippen LogP contribution in [0.5, 0.6) is 11.5 Å². The molecule has 196 valence electrons. The van der Waals surface area contributed by atoms with Gasteiger partial charge in [0.15, 0.2) is 11.5 Å². The van der Waals surface area contributed by atoms with Crippen molar-refractivity contribution in [1.29, 1.82) is 0 Å². The maximum atomic E-state index is 12.5. The number of ether oxygens (including phenoxy) is 2. The van der Waals surface area contributed by atoms with Crippen molar-refractivity contribution in [1.82, 2.24) is 15.1 Å². The number of piperazine rings is 1. The minimum Gasteiger partial charge on any atom is -0.497 e. The van der Waals surface area contributed by atoms with E-state index in [1.807, 2.05) is 25.1 Å². The smallest absolute Gasteiger partial charge is 0.276 e. The summed E-state index contributed by atoms with van der Waals surface area (Å²) in [4.78, 5) is 18.6. The van der Waals surface area contributed by atoms with Gasteiger partial charge in [0.05, 0.1) is 13.7 Å². The van der Waals surface area contributed by atoms with Crippen LogP contribution in [0.4, 0.5) is 11.5 Å². The number of thiophene rings is 1. The van der Waals surface area contributed by atoms with Crippen LogP contribution in [0.15, 0.2) is 72.1 Å².